The summed E-state index contributed by atoms with van der Waals surface area (Å²) in [5, 5.41) is 9.10. The molecule has 3 heteroatoms. The number of likely N-dealkylation sites (N-methyl/N-ethyl adjacent to an activating group) is 1. The first-order valence-corrected chi connectivity index (χ1v) is 4.77. The number of rotatable bonds is 3. The van der Waals surface area contributed by atoms with Gasteiger partial charge in [-0.15, -0.1) is 0 Å². The first kappa shape index (κ1) is 9.96. The number of hydrogen-bond donors (Lipinski definition) is 1. The Morgan fingerprint density at radius 1 is 1.25 bits per heavy atom. The zero-order valence-corrected chi connectivity index (χ0v) is 8.16. The molecule has 0 bridgehead atoms. The summed E-state index contributed by atoms with van der Waals surface area (Å²) in [6.07, 6.45) is 0.758. The maximum atomic E-state index is 9.10. The maximum absolute atomic E-state index is 9.10. The van der Waals surface area contributed by atoms with Crippen LogP contribution in [0.5, 0.6) is 0 Å². The van der Waals surface area contributed by atoms with Crippen LogP contribution in [0.15, 0.2) is 0 Å². The Hall–Kier alpha value is -0.120. The van der Waals surface area contributed by atoms with E-state index in [0.717, 1.165) is 26.1 Å². The lowest BCUT2D eigenvalue weighted by Gasteiger charge is -2.32. The molecule has 0 radical (unpaired) electrons. The highest BCUT2D eigenvalue weighted by atomic mass is 16.3. The fraction of sp³-hybridized carbons (Fsp3) is 1.00. The molecule has 0 aromatic carbocycles. The van der Waals surface area contributed by atoms with Gasteiger partial charge in [0, 0.05) is 32.7 Å². The Balaban J connectivity index is 2.09. The fourth-order valence-electron chi connectivity index (χ4n) is 1.44. The lowest BCUT2D eigenvalue weighted by Crippen LogP contribution is -2.45. The topological polar surface area (TPSA) is 26.7 Å². The van der Waals surface area contributed by atoms with Crippen molar-refractivity contribution in [3.05, 3.63) is 0 Å². The van der Waals surface area contributed by atoms with Crippen LogP contribution >= 0.6 is 0 Å². The highest BCUT2D eigenvalue weighted by molar-refractivity contribution is 4.69. The van der Waals surface area contributed by atoms with Crippen LogP contribution in [-0.4, -0.2) is 60.8 Å². The molecule has 1 N–H and O–H groups in total. The molecule has 0 aromatic heterocycles. The van der Waals surface area contributed by atoms with Gasteiger partial charge < -0.3 is 14.9 Å². The van der Waals surface area contributed by atoms with E-state index in [1.54, 1.807) is 0 Å². The van der Waals surface area contributed by atoms with E-state index in [0.29, 0.717) is 0 Å². The Labute approximate surface area is 75.0 Å². The first-order valence-electron chi connectivity index (χ1n) is 4.77. The van der Waals surface area contributed by atoms with Crippen LogP contribution in [0.25, 0.3) is 0 Å². The van der Waals surface area contributed by atoms with E-state index < -0.39 is 0 Å². The molecule has 72 valence electrons. The highest BCUT2D eigenvalue weighted by Gasteiger charge is 2.13. The maximum Gasteiger partial charge on any atom is 0.0524 e. The summed E-state index contributed by atoms with van der Waals surface area (Å²) in [6, 6.07) is 0. The minimum absolute atomic E-state index is 0.148. The predicted octanol–water partition coefficient (Wildman–Crippen LogP) is 0.00470. The van der Waals surface area contributed by atoms with Gasteiger partial charge in [0.25, 0.3) is 0 Å². The number of aliphatic hydroxyl groups excluding tert-OH is 1. The van der Waals surface area contributed by atoms with Gasteiger partial charge in [0.05, 0.1) is 6.10 Å². The smallest absolute Gasteiger partial charge is 0.0524 e. The summed E-state index contributed by atoms with van der Waals surface area (Å²) in [5.41, 5.74) is 0. The van der Waals surface area contributed by atoms with E-state index in [1.807, 2.05) is 6.92 Å². The molecule has 0 unspecified atom stereocenters. The van der Waals surface area contributed by atoms with Gasteiger partial charge in [-0.3, -0.25) is 0 Å². The highest BCUT2D eigenvalue weighted by Crippen LogP contribution is 2.01. The molecule has 1 saturated heterocycles. The summed E-state index contributed by atoms with van der Waals surface area (Å²) in [4.78, 5) is 4.77. The van der Waals surface area contributed by atoms with Crippen LogP contribution in [0.2, 0.25) is 0 Å². The zero-order chi connectivity index (χ0) is 8.97. The molecule has 1 rings (SSSR count). The first-order chi connectivity index (χ1) is 5.68. The zero-order valence-electron chi connectivity index (χ0n) is 8.16. The van der Waals surface area contributed by atoms with Crippen LogP contribution in [0.3, 0.4) is 0 Å². The van der Waals surface area contributed by atoms with Crippen molar-refractivity contribution in [1.29, 1.82) is 0 Å². The molecule has 1 aliphatic rings. The predicted molar refractivity (Wildman–Crippen MR) is 50.2 cm³/mol. The third-order valence-corrected chi connectivity index (χ3v) is 2.46. The Morgan fingerprint density at radius 2 is 1.83 bits per heavy atom. The second-order valence-corrected chi connectivity index (χ2v) is 3.78. The molecule has 12 heavy (non-hydrogen) atoms. The fourth-order valence-corrected chi connectivity index (χ4v) is 1.44. The normalized spacial score (nSPS) is 24.2. The Kier molecular flexibility index (Phi) is 3.98. The van der Waals surface area contributed by atoms with Gasteiger partial charge in [-0.05, 0) is 20.4 Å². The van der Waals surface area contributed by atoms with Gasteiger partial charge in [-0.2, -0.15) is 0 Å². The molecule has 1 aliphatic heterocycles. The van der Waals surface area contributed by atoms with Gasteiger partial charge in [0.15, 0.2) is 0 Å². The summed E-state index contributed by atoms with van der Waals surface area (Å²) < 4.78 is 0. The van der Waals surface area contributed by atoms with Crippen molar-refractivity contribution in [3.63, 3.8) is 0 Å². The minimum atomic E-state index is -0.148. The molecule has 1 fully saturated rings. The van der Waals surface area contributed by atoms with Gasteiger partial charge in [-0.25, -0.2) is 0 Å². The Bertz CT molecular complexity index is 120. The van der Waals surface area contributed by atoms with Crippen molar-refractivity contribution in [2.75, 3.05) is 39.8 Å². The molecular weight excluding hydrogens is 152 g/mol. The molecular formula is C9H20N2O. The summed E-state index contributed by atoms with van der Waals surface area (Å²) in [6.45, 7) is 7.55. The van der Waals surface area contributed by atoms with Crippen molar-refractivity contribution < 1.29 is 5.11 Å². The van der Waals surface area contributed by atoms with Crippen LogP contribution in [0.1, 0.15) is 13.3 Å². The van der Waals surface area contributed by atoms with E-state index in [-0.39, 0.29) is 6.10 Å². The van der Waals surface area contributed by atoms with Crippen molar-refractivity contribution in [2.45, 2.75) is 19.4 Å². The molecule has 0 spiro atoms. The number of aliphatic hydroxyl groups is 1. The molecule has 0 aliphatic carbocycles. The number of piperazine rings is 1. The third kappa shape index (κ3) is 3.52. The lowest BCUT2D eigenvalue weighted by molar-refractivity contribution is 0.120. The van der Waals surface area contributed by atoms with Gasteiger partial charge >= 0.3 is 0 Å². The average Bonchev–Trinajstić information content (AvgIpc) is 2.03. The van der Waals surface area contributed by atoms with Crippen molar-refractivity contribution in [1.82, 2.24) is 9.80 Å². The van der Waals surface area contributed by atoms with Crippen LogP contribution in [0, 0.1) is 0 Å². The summed E-state index contributed by atoms with van der Waals surface area (Å²) in [5.74, 6) is 0. The number of nitrogens with zero attached hydrogens (tertiary/aromatic N) is 2. The third-order valence-electron chi connectivity index (χ3n) is 2.46. The quantitative estimate of drug-likeness (QED) is 0.649. The van der Waals surface area contributed by atoms with E-state index in [2.05, 4.69) is 16.8 Å². The standard InChI is InChI=1S/C9H20N2O/c1-9(12)3-4-11-7-5-10(2)6-8-11/h9,12H,3-8H2,1-2H3/t9-/m1/s1. The molecule has 1 heterocycles. The van der Waals surface area contributed by atoms with Crippen molar-refractivity contribution in [2.24, 2.45) is 0 Å². The van der Waals surface area contributed by atoms with Gasteiger partial charge in [-0.1, -0.05) is 0 Å². The molecule has 0 saturated carbocycles. The Morgan fingerprint density at radius 3 is 2.33 bits per heavy atom. The van der Waals surface area contributed by atoms with E-state index >= 15 is 0 Å². The molecule has 3 nitrogen and oxygen atoms in total. The van der Waals surface area contributed by atoms with Crippen LogP contribution < -0.4 is 0 Å². The summed E-state index contributed by atoms with van der Waals surface area (Å²) >= 11 is 0. The van der Waals surface area contributed by atoms with Gasteiger partial charge in [0.2, 0.25) is 0 Å². The monoisotopic (exact) mass is 172 g/mol. The average molecular weight is 172 g/mol. The lowest BCUT2D eigenvalue weighted by atomic mass is 10.2. The molecule has 0 aromatic rings. The van der Waals surface area contributed by atoms with Crippen molar-refractivity contribution >= 4 is 0 Å². The largest absolute Gasteiger partial charge is 0.393 e. The van der Waals surface area contributed by atoms with Crippen molar-refractivity contribution in [3.8, 4) is 0 Å². The molecule has 0 amide bonds. The van der Waals surface area contributed by atoms with Crippen LogP contribution in [0.4, 0.5) is 0 Å². The molecule has 1 atom stereocenters. The SMILES string of the molecule is C[C@@H](O)CCN1CCN(C)CC1. The van der Waals surface area contributed by atoms with E-state index in [1.165, 1.54) is 13.1 Å². The minimum Gasteiger partial charge on any atom is -0.393 e. The van der Waals surface area contributed by atoms with Crippen LogP contribution in [-0.2, 0) is 0 Å². The van der Waals surface area contributed by atoms with E-state index in [4.69, 9.17) is 5.11 Å². The number of hydrogen-bond acceptors (Lipinski definition) is 3. The second-order valence-electron chi connectivity index (χ2n) is 3.78. The van der Waals surface area contributed by atoms with Gasteiger partial charge in [0.1, 0.15) is 0 Å². The summed E-state index contributed by atoms with van der Waals surface area (Å²) in [7, 11) is 2.16. The second kappa shape index (κ2) is 4.80. The van der Waals surface area contributed by atoms with E-state index in [9.17, 15) is 0 Å².